The smallest absolute Gasteiger partial charge is 0.0643 e. The Bertz CT molecular complexity index is 828. The fourth-order valence-electron chi connectivity index (χ4n) is 5.51. The fraction of sp³-hybridized carbons (Fsp3) is 0.533. The van der Waals surface area contributed by atoms with Gasteiger partial charge in [-0.15, -0.1) is 0 Å². The van der Waals surface area contributed by atoms with E-state index in [1.807, 2.05) is 0 Å². The topological polar surface area (TPSA) is 48.1 Å². The number of allylic oxidation sites excluding steroid dienone is 8. The number of nitrogens with one attached hydrogen (secondary N) is 4. The Labute approximate surface area is 206 Å². The minimum Gasteiger partial charge on any atom is -0.357 e. The van der Waals surface area contributed by atoms with E-state index >= 15 is 0 Å². The van der Waals surface area contributed by atoms with Gasteiger partial charge in [0.05, 0.1) is 22.7 Å². The molecule has 0 fully saturated rings. The molecule has 182 valence electrons. The van der Waals surface area contributed by atoms with Gasteiger partial charge in [0.1, 0.15) is 0 Å². The first-order valence-corrected chi connectivity index (χ1v) is 13.9. The molecule has 1 aromatic rings. The Morgan fingerprint density at radius 2 is 0.618 bits per heavy atom. The van der Waals surface area contributed by atoms with E-state index in [1.165, 1.54) is 123 Å². The molecule has 0 radical (unpaired) electrons. The summed E-state index contributed by atoms with van der Waals surface area (Å²) in [7, 11) is 0. The van der Waals surface area contributed by atoms with Crippen LogP contribution in [0.15, 0.2) is 59.2 Å². The van der Waals surface area contributed by atoms with Crippen molar-refractivity contribution in [3.63, 3.8) is 0 Å². The SMILES string of the molecule is C1=C(Nc2cc(NC3=CCCCC3)c(NC3=CCCCC3)cc2NC2=CCCCC2)CCCC1. The second kappa shape index (κ2) is 11.7. The van der Waals surface area contributed by atoms with Gasteiger partial charge >= 0.3 is 0 Å². The number of hydrogen-bond acceptors (Lipinski definition) is 4. The molecule has 0 unspecified atom stereocenters. The van der Waals surface area contributed by atoms with Crippen molar-refractivity contribution in [1.82, 2.24) is 0 Å². The van der Waals surface area contributed by atoms with Crippen LogP contribution >= 0.6 is 0 Å². The van der Waals surface area contributed by atoms with Crippen LogP contribution in [0.1, 0.15) is 103 Å². The van der Waals surface area contributed by atoms with E-state index in [0.29, 0.717) is 0 Å². The van der Waals surface area contributed by atoms with Crippen LogP contribution in [0, 0.1) is 0 Å². The molecule has 4 N–H and O–H groups in total. The molecule has 4 heteroatoms. The monoisotopic (exact) mass is 458 g/mol. The first-order valence-electron chi connectivity index (χ1n) is 13.9. The van der Waals surface area contributed by atoms with Gasteiger partial charge in [-0.2, -0.15) is 0 Å². The van der Waals surface area contributed by atoms with Crippen LogP contribution in [0.3, 0.4) is 0 Å². The summed E-state index contributed by atoms with van der Waals surface area (Å²) >= 11 is 0. The molecule has 0 aliphatic heterocycles. The molecule has 1 aromatic carbocycles. The van der Waals surface area contributed by atoms with E-state index < -0.39 is 0 Å². The summed E-state index contributed by atoms with van der Waals surface area (Å²) in [5.41, 5.74) is 10.2. The second-order valence-electron chi connectivity index (χ2n) is 10.3. The van der Waals surface area contributed by atoms with Crippen LogP contribution in [0.5, 0.6) is 0 Å². The maximum atomic E-state index is 3.82. The largest absolute Gasteiger partial charge is 0.357 e. The lowest BCUT2D eigenvalue weighted by Crippen LogP contribution is -2.12. The molecular formula is C30H42N4. The average molecular weight is 459 g/mol. The predicted molar refractivity (Wildman–Crippen MR) is 147 cm³/mol. The average Bonchev–Trinajstić information content (AvgIpc) is 2.89. The molecule has 0 bridgehead atoms. The van der Waals surface area contributed by atoms with Gasteiger partial charge in [0.25, 0.3) is 0 Å². The van der Waals surface area contributed by atoms with E-state index in [-0.39, 0.29) is 0 Å². The lowest BCUT2D eigenvalue weighted by Gasteiger charge is -2.26. The predicted octanol–water partition coefficient (Wildman–Crippen LogP) is 9.17. The zero-order chi connectivity index (χ0) is 23.0. The quantitative estimate of drug-likeness (QED) is 0.314. The van der Waals surface area contributed by atoms with Crippen molar-refractivity contribution in [3.8, 4) is 0 Å². The molecule has 34 heavy (non-hydrogen) atoms. The van der Waals surface area contributed by atoms with Crippen LogP contribution in [0.25, 0.3) is 0 Å². The lowest BCUT2D eigenvalue weighted by atomic mass is 10.0. The van der Waals surface area contributed by atoms with Crippen molar-refractivity contribution in [2.75, 3.05) is 21.3 Å². The number of benzene rings is 1. The summed E-state index contributed by atoms with van der Waals surface area (Å²) < 4.78 is 0. The zero-order valence-corrected chi connectivity index (χ0v) is 20.8. The molecule has 4 nitrogen and oxygen atoms in total. The van der Waals surface area contributed by atoms with Crippen molar-refractivity contribution < 1.29 is 0 Å². The van der Waals surface area contributed by atoms with E-state index in [1.54, 1.807) is 0 Å². The second-order valence-corrected chi connectivity index (χ2v) is 10.3. The molecule has 0 atom stereocenters. The van der Waals surface area contributed by atoms with Crippen LogP contribution < -0.4 is 21.3 Å². The molecule has 5 rings (SSSR count). The number of anilines is 4. The molecular weight excluding hydrogens is 416 g/mol. The molecule has 0 saturated heterocycles. The van der Waals surface area contributed by atoms with Crippen molar-refractivity contribution >= 4 is 22.7 Å². The molecule has 0 spiro atoms. The van der Waals surface area contributed by atoms with Gasteiger partial charge < -0.3 is 21.3 Å². The molecule has 4 aliphatic carbocycles. The van der Waals surface area contributed by atoms with E-state index in [0.717, 1.165) is 25.7 Å². The van der Waals surface area contributed by atoms with Gasteiger partial charge in [0.2, 0.25) is 0 Å². The molecule has 0 amide bonds. The summed E-state index contributed by atoms with van der Waals surface area (Å²) in [6.45, 7) is 0. The van der Waals surface area contributed by atoms with Crippen molar-refractivity contribution in [2.45, 2.75) is 103 Å². The van der Waals surface area contributed by atoms with E-state index in [2.05, 4.69) is 57.7 Å². The highest BCUT2D eigenvalue weighted by Gasteiger charge is 2.17. The Kier molecular flexibility index (Phi) is 7.95. The highest BCUT2D eigenvalue weighted by molar-refractivity contribution is 5.86. The van der Waals surface area contributed by atoms with Crippen LogP contribution in [0.2, 0.25) is 0 Å². The van der Waals surface area contributed by atoms with E-state index in [4.69, 9.17) is 0 Å². The maximum Gasteiger partial charge on any atom is 0.0643 e. The van der Waals surface area contributed by atoms with Gasteiger partial charge in [0.15, 0.2) is 0 Å². The minimum atomic E-state index is 1.14. The minimum absolute atomic E-state index is 1.14. The maximum absolute atomic E-state index is 3.82. The van der Waals surface area contributed by atoms with Gasteiger partial charge in [-0.1, -0.05) is 24.3 Å². The summed E-state index contributed by atoms with van der Waals surface area (Å²) in [5, 5.41) is 15.3. The van der Waals surface area contributed by atoms with Gasteiger partial charge in [-0.25, -0.2) is 0 Å². The summed E-state index contributed by atoms with van der Waals surface area (Å²) in [5.74, 6) is 0. The molecule has 0 aromatic heterocycles. The Morgan fingerprint density at radius 3 is 0.824 bits per heavy atom. The van der Waals surface area contributed by atoms with Crippen LogP contribution in [-0.2, 0) is 0 Å². The first kappa shape index (κ1) is 23.1. The molecule has 4 aliphatic rings. The van der Waals surface area contributed by atoms with Gasteiger partial charge in [-0.05, 0) is 115 Å². The fourth-order valence-corrected chi connectivity index (χ4v) is 5.51. The number of rotatable bonds is 8. The van der Waals surface area contributed by atoms with Crippen molar-refractivity contribution in [1.29, 1.82) is 0 Å². The first-order chi connectivity index (χ1) is 16.8. The third-order valence-corrected chi connectivity index (χ3v) is 7.50. The lowest BCUT2D eigenvalue weighted by molar-refractivity contribution is 0.702. The standard InChI is InChI=1S/C30H42N4/c1-5-13-23(14-6-1)31-27-21-29(33-25-17-9-3-10-18-25)30(34-26-19-11-4-12-20-26)22-28(27)32-24-15-7-2-8-16-24/h13,15,17,19,21-22,31-34H,1-12,14,16,18,20H2. The number of hydrogen-bond donors (Lipinski definition) is 4. The highest BCUT2D eigenvalue weighted by atomic mass is 15.0. The van der Waals surface area contributed by atoms with Crippen LogP contribution in [-0.4, -0.2) is 0 Å². The summed E-state index contributed by atoms with van der Waals surface area (Å²) in [4.78, 5) is 0. The third kappa shape index (κ3) is 6.28. The van der Waals surface area contributed by atoms with Crippen LogP contribution in [0.4, 0.5) is 22.7 Å². The summed E-state index contributed by atoms with van der Waals surface area (Å²) in [6, 6.07) is 4.67. The Hall–Kier alpha value is -2.62. The Balaban J connectivity index is 1.50. The van der Waals surface area contributed by atoms with Gasteiger partial charge in [-0.3, -0.25) is 0 Å². The zero-order valence-electron chi connectivity index (χ0n) is 20.8. The van der Waals surface area contributed by atoms with Crippen molar-refractivity contribution in [2.24, 2.45) is 0 Å². The summed E-state index contributed by atoms with van der Waals surface area (Å²) in [6.07, 6.45) is 29.2. The normalized spacial score (nSPS) is 20.9. The molecule has 0 saturated carbocycles. The Morgan fingerprint density at radius 1 is 0.353 bits per heavy atom. The van der Waals surface area contributed by atoms with E-state index in [9.17, 15) is 0 Å². The highest BCUT2D eigenvalue weighted by Crippen LogP contribution is 2.39. The third-order valence-electron chi connectivity index (χ3n) is 7.50. The van der Waals surface area contributed by atoms with Crippen molar-refractivity contribution in [3.05, 3.63) is 59.2 Å². The molecule has 0 heterocycles. The van der Waals surface area contributed by atoms with Gasteiger partial charge in [0, 0.05) is 22.8 Å².